The molecule has 2 atom stereocenters. The van der Waals surface area contributed by atoms with Crippen molar-refractivity contribution in [3.8, 4) is 11.5 Å². The first-order valence-corrected chi connectivity index (χ1v) is 11.5. The van der Waals surface area contributed by atoms with E-state index < -0.39 is 6.10 Å². The Kier molecular flexibility index (Phi) is 8.67. The topological polar surface area (TPSA) is 91.5 Å². The fourth-order valence-corrected chi connectivity index (χ4v) is 3.75. The molecule has 0 aromatic heterocycles. The molecule has 2 aliphatic rings. The zero-order valence-corrected chi connectivity index (χ0v) is 19.3. The van der Waals surface area contributed by atoms with E-state index in [0.29, 0.717) is 30.6 Å². The molecule has 6 nitrogen and oxygen atoms in total. The highest BCUT2D eigenvalue weighted by molar-refractivity contribution is 5.83. The van der Waals surface area contributed by atoms with Crippen molar-refractivity contribution in [3.63, 3.8) is 0 Å². The van der Waals surface area contributed by atoms with Gasteiger partial charge in [-0.1, -0.05) is 38.4 Å². The van der Waals surface area contributed by atoms with Crippen molar-refractivity contribution in [1.82, 2.24) is 0 Å². The van der Waals surface area contributed by atoms with E-state index in [0.717, 1.165) is 42.1 Å². The highest BCUT2D eigenvalue weighted by Crippen LogP contribution is 2.33. The zero-order chi connectivity index (χ0) is 23.1. The summed E-state index contributed by atoms with van der Waals surface area (Å²) in [6, 6.07) is 5.82. The first-order chi connectivity index (χ1) is 15.4. The van der Waals surface area contributed by atoms with Crippen molar-refractivity contribution in [2.45, 2.75) is 65.1 Å². The van der Waals surface area contributed by atoms with Crippen molar-refractivity contribution < 1.29 is 24.8 Å². The van der Waals surface area contributed by atoms with Gasteiger partial charge in [0.1, 0.15) is 12.2 Å². The Morgan fingerprint density at radius 2 is 2.12 bits per heavy atom. The molecule has 2 aliphatic heterocycles. The molecule has 32 heavy (non-hydrogen) atoms. The summed E-state index contributed by atoms with van der Waals surface area (Å²) in [6.45, 7) is 6.33. The van der Waals surface area contributed by atoms with Crippen LogP contribution in [0.2, 0.25) is 0 Å². The Balaban J connectivity index is 1.52. The molecule has 0 spiro atoms. The summed E-state index contributed by atoms with van der Waals surface area (Å²) < 4.78 is 11.7. The van der Waals surface area contributed by atoms with Gasteiger partial charge in [-0.2, -0.15) is 11.6 Å². The minimum absolute atomic E-state index is 0.00769. The van der Waals surface area contributed by atoms with Crippen LogP contribution in [0, 0.1) is 18.1 Å². The second kappa shape index (κ2) is 11.5. The van der Waals surface area contributed by atoms with Crippen LogP contribution in [0.25, 0.3) is 0 Å². The molecule has 0 fully saturated rings. The highest BCUT2D eigenvalue weighted by atomic mass is 16.5. The Morgan fingerprint density at radius 3 is 2.81 bits per heavy atom. The number of rotatable bonds is 12. The molecule has 0 aliphatic carbocycles. The second-order valence-corrected chi connectivity index (χ2v) is 8.70. The van der Waals surface area contributed by atoms with Gasteiger partial charge in [-0.3, -0.25) is 0 Å². The number of aliphatic hydroxyl groups excluding tert-OH is 2. The monoisotopic (exact) mass is 441 g/mol. The van der Waals surface area contributed by atoms with Crippen molar-refractivity contribution >= 4 is 6.21 Å². The van der Waals surface area contributed by atoms with Gasteiger partial charge in [-0.15, -0.1) is 4.99 Å². The fourth-order valence-electron chi connectivity index (χ4n) is 3.75. The Bertz CT molecular complexity index is 845. The quantitative estimate of drug-likeness (QED) is 0.421. The standard InChI is InChI=1S/C26H35NO5/c1-4-5-6-25-20(15-28)12-21(32-25)9-7-18-8-10-23(29)26(11-18)31-16-24(30)22-13-19(14-27-22)17(2)3/h8,10-14,17,24-25,28-30H,4-7,9,15-16H2,1-3H3. The minimum atomic E-state index is -0.866. The zero-order valence-electron chi connectivity index (χ0n) is 19.3. The van der Waals surface area contributed by atoms with Gasteiger partial charge in [0.25, 0.3) is 0 Å². The maximum atomic E-state index is 10.4. The van der Waals surface area contributed by atoms with Crippen molar-refractivity contribution in [3.05, 3.63) is 59.2 Å². The number of phenols is 1. The first-order valence-electron chi connectivity index (χ1n) is 11.5. The number of hydrogen-bond acceptors (Lipinski definition) is 6. The van der Waals surface area contributed by atoms with Gasteiger partial charge in [0, 0.05) is 18.6 Å². The summed E-state index contributed by atoms with van der Waals surface area (Å²) in [5.74, 6) is 0.713. The number of aryl methyl sites for hydroxylation is 1. The lowest BCUT2D eigenvalue weighted by Crippen LogP contribution is -2.22. The van der Waals surface area contributed by atoms with E-state index in [1.165, 1.54) is 0 Å². The molecule has 0 amide bonds. The number of unbranched alkanes of at least 4 members (excludes halogenated alkanes) is 1. The molecule has 2 heterocycles. The van der Waals surface area contributed by atoms with Gasteiger partial charge >= 0.3 is 0 Å². The Morgan fingerprint density at radius 1 is 1.31 bits per heavy atom. The molecule has 3 rings (SSSR count). The van der Waals surface area contributed by atoms with Gasteiger partial charge in [-0.05, 0) is 44.4 Å². The lowest BCUT2D eigenvalue weighted by atomic mass is 10.0. The van der Waals surface area contributed by atoms with Crippen molar-refractivity contribution in [2.75, 3.05) is 13.2 Å². The Hall–Kier alpha value is -2.41. The molecule has 0 saturated heterocycles. The SMILES string of the molecule is CCCCC1O[C-](CCc2ccc(O)c(OCC(O)[C+]3C=C(C(C)C)C=N3)c2)C=C1CO. The van der Waals surface area contributed by atoms with Crippen LogP contribution in [0.4, 0.5) is 0 Å². The predicted molar refractivity (Wildman–Crippen MR) is 125 cm³/mol. The smallest absolute Gasteiger partial charge is 0.181 e. The number of aliphatic hydroxyl groups is 2. The van der Waals surface area contributed by atoms with Crippen LogP contribution in [-0.2, 0) is 11.2 Å². The summed E-state index contributed by atoms with van der Waals surface area (Å²) in [4.78, 5) is 4.27. The molecular weight excluding hydrogens is 406 g/mol. The summed E-state index contributed by atoms with van der Waals surface area (Å²) in [7, 11) is 0. The number of hydrogen-bond donors (Lipinski definition) is 3. The second-order valence-electron chi connectivity index (χ2n) is 8.70. The number of aromatic hydroxyl groups is 1. The van der Waals surface area contributed by atoms with Crippen LogP contribution in [0.1, 0.15) is 52.0 Å². The van der Waals surface area contributed by atoms with E-state index in [4.69, 9.17) is 9.47 Å². The largest absolute Gasteiger partial charge is 0.504 e. The molecule has 3 N–H and O–H groups in total. The van der Waals surface area contributed by atoms with E-state index >= 15 is 0 Å². The average molecular weight is 442 g/mol. The van der Waals surface area contributed by atoms with Gasteiger partial charge < -0.3 is 24.8 Å². The third-order valence-corrected chi connectivity index (χ3v) is 5.82. The van der Waals surface area contributed by atoms with Gasteiger partial charge in [0.2, 0.25) is 0 Å². The van der Waals surface area contributed by atoms with E-state index in [2.05, 4.69) is 25.8 Å². The third kappa shape index (κ3) is 6.31. The van der Waals surface area contributed by atoms with Crippen molar-refractivity contribution in [1.29, 1.82) is 0 Å². The minimum Gasteiger partial charge on any atom is -0.504 e. The molecule has 0 bridgehead atoms. The van der Waals surface area contributed by atoms with E-state index in [-0.39, 0.29) is 25.1 Å². The van der Waals surface area contributed by atoms with Crippen LogP contribution in [0.15, 0.2) is 46.5 Å². The molecule has 0 radical (unpaired) electrons. The van der Waals surface area contributed by atoms with Crippen LogP contribution in [-0.4, -0.2) is 47.0 Å². The number of aliphatic imine (C=N–C) groups is 1. The van der Waals surface area contributed by atoms with Crippen LogP contribution in [0.3, 0.4) is 0 Å². The first kappa shape index (κ1) is 24.2. The molecule has 174 valence electrons. The van der Waals surface area contributed by atoms with E-state index in [1.54, 1.807) is 18.3 Å². The molecule has 0 saturated carbocycles. The van der Waals surface area contributed by atoms with Gasteiger partial charge in [-0.25, -0.2) is 0 Å². The van der Waals surface area contributed by atoms with Crippen LogP contribution in [0.5, 0.6) is 11.5 Å². The number of nitrogens with zero attached hydrogens (tertiary/aromatic N) is 1. The van der Waals surface area contributed by atoms with Gasteiger partial charge in [0.05, 0.1) is 6.08 Å². The molecule has 6 heteroatoms. The normalized spacial score (nSPS) is 19.0. The lowest BCUT2D eigenvalue weighted by Gasteiger charge is -2.24. The molecule has 1 aromatic carbocycles. The summed E-state index contributed by atoms with van der Waals surface area (Å²) in [5, 5.41) is 30.2. The predicted octanol–water partition coefficient (Wildman–Crippen LogP) is 4.30. The number of phenolic OH excluding ortho intramolecular Hbond substituents is 1. The summed E-state index contributed by atoms with van der Waals surface area (Å²) in [6.07, 6.45) is 10.1. The molecular formula is C26H35NO5. The summed E-state index contributed by atoms with van der Waals surface area (Å²) in [5.41, 5.74) is 3.01. The summed E-state index contributed by atoms with van der Waals surface area (Å²) >= 11 is 0. The van der Waals surface area contributed by atoms with Crippen molar-refractivity contribution in [2.24, 2.45) is 10.9 Å². The maximum absolute atomic E-state index is 10.4. The number of benzene rings is 1. The fraction of sp³-hybridized carbons (Fsp3) is 0.500. The number of allylic oxidation sites excluding steroid dienone is 1. The van der Waals surface area contributed by atoms with E-state index in [1.807, 2.05) is 18.2 Å². The Labute approximate surface area is 191 Å². The third-order valence-electron chi connectivity index (χ3n) is 5.82. The van der Waals surface area contributed by atoms with Crippen LogP contribution >= 0.6 is 0 Å². The molecule has 1 aromatic rings. The van der Waals surface area contributed by atoms with Crippen LogP contribution < -0.4 is 4.74 Å². The lowest BCUT2D eigenvalue weighted by molar-refractivity contribution is 0.103. The molecule has 2 unspecified atom stereocenters. The number of ether oxygens (including phenoxy) is 2. The highest BCUT2D eigenvalue weighted by Gasteiger charge is 2.30. The van der Waals surface area contributed by atoms with E-state index in [9.17, 15) is 15.3 Å². The maximum Gasteiger partial charge on any atom is 0.181 e. The van der Waals surface area contributed by atoms with Gasteiger partial charge in [0.15, 0.2) is 29.9 Å². The average Bonchev–Trinajstić information content (AvgIpc) is 3.43.